The van der Waals surface area contributed by atoms with Crippen molar-refractivity contribution in [3.05, 3.63) is 108 Å². The summed E-state index contributed by atoms with van der Waals surface area (Å²) in [4.78, 5) is 1.98. The smallest absolute Gasteiger partial charge is 0.144 e. The summed E-state index contributed by atoms with van der Waals surface area (Å²) in [5, 5.41) is 11.7. The molecule has 1 heterocycles. The molecule has 0 aliphatic heterocycles. The maximum Gasteiger partial charge on any atom is 0.144 e. The number of nitrogens with one attached hydrogen (secondary N) is 1. The molecule has 1 aliphatic carbocycles. The van der Waals surface area contributed by atoms with Crippen molar-refractivity contribution >= 4 is 39.6 Å². The van der Waals surface area contributed by atoms with Gasteiger partial charge in [0.2, 0.25) is 0 Å². The summed E-state index contributed by atoms with van der Waals surface area (Å²) < 4.78 is 2.03. The second kappa shape index (κ2) is 8.94. The van der Waals surface area contributed by atoms with E-state index in [-0.39, 0.29) is 16.6 Å². The van der Waals surface area contributed by atoms with Gasteiger partial charge < -0.3 is 5.11 Å². The van der Waals surface area contributed by atoms with Crippen LogP contribution in [-0.4, -0.2) is 12.8 Å². The molecule has 180 valence electrons. The Kier molecular flexibility index (Phi) is 6.08. The third-order valence-electron chi connectivity index (χ3n) is 7.64. The third-order valence-corrected chi connectivity index (χ3v) is 8.59. The highest BCUT2D eigenvalue weighted by Gasteiger charge is 2.34. The molecule has 1 atom stereocenters. The van der Waals surface area contributed by atoms with Crippen LogP contribution >= 0.6 is 22.9 Å². The molecule has 4 aromatic rings. The van der Waals surface area contributed by atoms with Crippen LogP contribution < -0.4 is 5.43 Å². The van der Waals surface area contributed by atoms with E-state index in [0.717, 1.165) is 23.0 Å². The Morgan fingerprint density at radius 3 is 2.26 bits per heavy atom. The number of allylic oxidation sites excluding steroid dienone is 4. The van der Waals surface area contributed by atoms with Gasteiger partial charge in [0, 0.05) is 11.0 Å². The van der Waals surface area contributed by atoms with Gasteiger partial charge in [-0.15, -0.1) is 0 Å². The highest BCUT2D eigenvalue weighted by Crippen LogP contribution is 2.46. The van der Waals surface area contributed by atoms with Crippen molar-refractivity contribution in [3.8, 4) is 5.75 Å². The van der Waals surface area contributed by atoms with E-state index < -0.39 is 0 Å². The highest BCUT2D eigenvalue weighted by molar-refractivity contribution is 14.1. The summed E-state index contributed by atoms with van der Waals surface area (Å²) in [5.74, 6) is 0.662. The maximum atomic E-state index is 11.7. The Morgan fingerprint density at radius 2 is 1.57 bits per heavy atom. The molecule has 0 amide bonds. The number of rotatable bonds is 6. The van der Waals surface area contributed by atoms with Crippen molar-refractivity contribution in [1.82, 2.24) is 7.69 Å². The molecule has 35 heavy (non-hydrogen) atoms. The topological polar surface area (TPSA) is 42.1 Å². The number of nitrogens with zero attached hydrogens (tertiary/aromatic N) is 2. The number of hydrogen-bond acceptors (Lipinski definition) is 2. The molecule has 1 unspecified atom stereocenters. The number of phenols is 1. The molecule has 0 spiro atoms. The van der Waals surface area contributed by atoms with E-state index >= 15 is 0 Å². The fraction of sp³-hybridized carbons (Fsp3) is 0.267. The molecular weight excluding hydrogens is 545 g/mol. The summed E-state index contributed by atoms with van der Waals surface area (Å²) in [6, 6.07) is 23.0. The number of hydrogen-bond donors (Lipinski definition) is 2. The Balaban J connectivity index is 1.67. The number of halogens is 1. The molecule has 3 aromatic carbocycles. The molecule has 0 saturated heterocycles. The van der Waals surface area contributed by atoms with Crippen molar-refractivity contribution in [2.75, 3.05) is 5.43 Å². The van der Waals surface area contributed by atoms with Gasteiger partial charge >= 0.3 is 0 Å². The van der Waals surface area contributed by atoms with Gasteiger partial charge in [-0.2, -0.15) is 4.79 Å². The molecule has 0 saturated carbocycles. The van der Waals surface area contributed by atoms with Crippen LogP contribution in [0.3, 0.4) is 0 Å². The Labute approximate surface area is 221 Å². The summed E-state index contributed by atoms with van der Waals surface area (Å²) in [6.45, 7) is 8.98. The van der Waals surface area contributed by atoms with Crippen LogP contribution in [0.1, 0.15) is 50.8 Å². The Bertz CT molecular complexity index is 1420. The van der Waals surface area contributed by atoms with Crippen molar-refractivity contribution in [1.29, 1.82) is 0 Å². The second-order valence-electron chi connectivity index (χ2n) is 10.5. The average molecular weight is 578 g/mol. The van der Waals surface area contributed by atoms with E-state index in [2.05, 4.69) is 129 Å². The van der Waals surface area contributed by atoms with Crippen LogP contribution in [0.15, 0.2) is 91.0 Å². The standard InChI is InChI=1S/C30H32IN3O/c1-29(2,21-13-7-5-8-14-21)23-19-24(30(3,4)22-15-9-6-10-16-22)28(35)25(20-23)32-34-27-18-12-11-17-26(27)33(34)31/h5-13,15-21,32,35H,14H2,1-4H3. The monoisotopic (exact) mass is 577 g/mol. The molecule has 1 aliphatic rings. The van der Waals surface area contributed by atoms with Crippen LogP contribution in [0.4, 0.5) is 5.69 Å². The van der Waals surface area contributed by atoms with Gasteiger partial charge in [-0.05, 0) is 47.1 Å². The van der Waals surface area contributed by atoms with E-state index in [0.29, 0.717) is 11.6 Å². The predicted molar refractivity (Wildman–Crippen MR) is 154 cm³/mol. The van der Waals surface area contributed by atoms with Gasteiger partial charge in [0.05, 0.1) is 34.1 Å². The fourth-order valence-electron chi connectivity index (χ4n) is 5.08. The first-order chi connectivity index (χ1) is 16.7. The first-order valence-corrected chi connectivity index (χ1v) is 13.1. The lowest BCUT2D eigenvalue weighted by molar-refractivity contribution is 0.380. The second-order valence-corrected chi connectivity index (χ2v) is 11.4. The molecule has 0 radical (unpaired) electrons. The zero-order valence-electron chi connectivity index (χ0n) is 20.7. The summed E-state index contributed by atoms with van der Waals surface area (Å²) >= 11 is 2.28. The van der Waals surface area contributed by atoms with Gasteiger partial charge in [-0.1, -0.05) is 101 Å². The minimum Gasteiger partial charge on any atom is -0.505 e. The highest BCUT2D eigenvalue weighted by atomic mass is 127. The lowest BCUT2D eigenvalue weighted by Gasteiger charge is -2.36. The van der Waals surface area contributed by atoms with E-state index in [4.69, 9.17) is 0 Å². The fourth-order valence-corrected chi connectivity index (χ4v) is 5.83. The quantitative estimate of drug-likeness (QED) is 0.180. The number of anilines is 1. The van der Waals surface area contributed by atoms with Crippen molar-refractivity contribution in [3.63, 3.8) is 0 Å². The van der Waals surface area contributed by atoms with E-state index in [1.165, 1.54) is 11.1 Å². The van der Waals surface area contributed by atoms with Crippen molar-refractivity contribution < 1.29 is 5.11 Å². The van der Waals surface area contributed by atoms with Crippen LogP contribution in [0.2, 0.25) is 0 Å². The summed E-state index contributed by atoms with van der Waals surface area (Å²) in [5.41, 5.74) is 9.22. The first kappa shape index (κ1) is 23.8. The zero-order chi connectivity index (χ0) is 24.8. The molecule has 2 N–H and O–H groups in total. The SMILES string of the molecule is CC(C)(c1ccccc1)c1cc(C(C)(C)C2C=CC=CC2)cc(Nn2c3ccccc3n2I)c1O. The van der Waals surface area contributed by atoms with E-state index in [1.54, 1.807) is 0 Å². The molecule has 0 fully saturated rings. The Morgan fingerprint density at radius 1 is 0.886 bits per heavy atom. The van der Waals surface area contributed by atoms with Crippen LogP contribution in [0.5, 0.6) is 5.75 Å². The number of phenolic OH excluding ortho intramolecular Hbond substituents is 1. The van der Waals surface area contributed by atoms with Gasteiger partial charge in [0.1, 0.15) is 11.3 Å². The predicted octanol–water partition coefficient (Wildman–Crippen LogP) is 7.96. The third kappa shape index (κ3) is 4.10. The molecular formula is C30H32IN3O. The van der Waals surface area contributed by atoms with Gasteiger partial charge in [0.15, 0.2) is 0 Å². The molecule has 5 rings (SSSR count). The summed E-state index contributed by atoms with van der Waals surface area (Å²) in [6.07, 6.45) is 9.82. The Hall–Kier alpha value is -2.93. The first-order valence-electron chi connectivity index (χ1n) is 12.1. The zero-order valence-corrected chi connectivity index (χ0v) is 22.8. The van der Waals surface area contributed by atoms with E-state index in [1.807, 2.05) is 25.9 Å². The minimum atomic E-state index is -0.382. The number of para-hydroxylation sites is 2. The van der Waals surface area contributed by atoms with Crippen molar-refractivity contribution in [2.45, 2.75) is 44.9 Å². The largest absolute Gasteiger partial charge is 0.505 e. The van der Waals surface area contributed by atoms with Crippen LogP contribution in [-0.2, 0) is 10.8 Å². The van der Waals surface area contributed by atoms with Crippen LogP contribution in [0, 0.1) is 5.92 Å². The lowest BCUT2D eigenvalue weighted by Crippen LogP contribution is -2.30. The lowest BCUT2D eigenvalue weighted by atomic mass is 9.68. The normalized spacial score (nSPS) is 16.2. The number of aromatic hydroxyl groups is 1. The molecule has 4 nitrogen and oxygen atoms in total. The van der Waals surface area contributed by atoms with Gasteiger partial charge in [0.25, 0.3) is 0 Å². The van der Waals surface area contributed by atoms with E-state index in [9.17, 15) is 5.11 Å². The minimum absolute atomic E-state index is 0.121. The van der Waals surface area contributed by atoms with Crippen molar-refractivity contribution in [2.24, 2.45) is 5.92 Å². The molecule has 1 aromatic heterocycles. The van der Waals surface area contributed by atoms with Gasteiger partial charge in [-0.3, -0.25) is 5.43 Å². The van der Waals surface area contributed by atoms with Gasteiger partial charge in [-0.25, -0.2) is 2.90 Å². The number of benzene rings is 3. The number of fused-ring (bicyclic) bond motifs is 1. The molecule has 5 heteroatoms. The number of aromatic nitrogens is 2. The molecule has 0 bridgehead atoms. The maximum absolute atomic E-state index is 11.7. The van der Waals surface area contributed by atoms with Crippen LogP contribution in [0.25, 0.3) is 11.0 Å². The summed E-state index contributed by atoms with van der Waals surface area (Å²) in [7, 11) is 0. The average Bonchev–Trinajstić information content (AvgIpc) is 2.88.